The summed E-state index contributed by atoms with van der Waals surface area (Å²) in [5.74, 6) is -5.27. The van der Waals surface area contributed by atoms with E-state index in [1.54, 1.807) is 117 Å². The smallest absolute Gasteiger partial charge is 0.291 e. The van der Waals surface area contributed by atoms with Crippen molar-refractivity contribution in [1.29, 1.82) is 0 Å². The van der Waals surface area contributed by atoms with E-state index in [1.807, 2.05) is 19.1 Å². The fourth-order valence-electron chi connectivity index (χ4n) is 10.7. The number of hydrogen-bond acceptors (Lipinski definition) is 13. The third-order valence-corrected chi connectivity index (χ3v) is 19.0. The molecule has 6 heterocycles. The van der Waals surface area contributed by atoms with E-state index in [1.165, 1.54) is 47.5 Å². The van der Waals surface area contributed by atoms with Gasteiger partial charge in [-0.2, -0.15) is 10.2 Å². The first kappa shape index (κ1) is 67.8. The minimum absolute atomic E-state index is 0.0523. The van der Waals surface area contributed by atoms with Crippen LogP contribution >= 0.6 is 59.1 Å². The van der Waals surface area contributed by atoms with Crippen LogP contribution in [-0.4, -0.2) is 110 Å². The van der Waals surface area contributed by atoms with E-state index in [4.69, 9.17) is 45.7 Å². The number of rotatable bonds is 15. The molecule has 0 saturated carbocycles. The van der Waals surface area contributed by atoms with Crippen LogP contribution in [0.15, 0.2) is 146 Å². The third kappa shape index (κ3) is 15.8. The zero-order valence-electron chi connectivity index (χ0n) is 49.7. The Morgan fingerprint density at radius 1 is 0.591 bits per heavy atom. The molecule has 480 valence electrons. The number of nitrogens with zero attached hydrogens (tertiary/aromatic N) is 9. The Hall–Kier alpha value is -8.08. The van der Waals surface area contributed by atoms with Gasteiger partial charge >= 0.3 is 0 Å². The van der Waals surface area contributed by atoms with Crippen LogP contribution < -0.4 is 16.0 Å². The van der Waals surface area contributed by atoms with Gasteiger partial charge in [0.2, 0.25) is 11.8 Å². The number of fused-ring (bicyclic) bond motifs is 2. The second-order valence-corrected chi connectivity index (χ2v) is 30.0. The SMILES string of the molecule is CC(=O)c1nn(CP(=O)(Cl)Cl)c2ccc(-c3cnc(C)nc3)cc12.CC(=O)c1nn(CP(=O)(O)N2C[C@H](F)C[C@H]2C(=O)Nc2cccc(-c3ccccc3Cl)c2F)c2ccc(-c3cnc(C)nc3)cc12.O=C(Nc1cccc(-c2ccccc2Cl)c1F)[C@@H]1C[C@@H](F)CN1. The number of aryl methyl sites for hydroxylation is 2. The topological polar surface area (TPSA) is 249 Å². The molecule has 6 aromatic carbocycles. The van der Waals surface area contributed by atoms with Gasteiger partial charge in [0.15, 0.2) is 23.2 Å². The van der Waals surface area contributed by atoms with Crippen molar-refractivity contribution in [2.75, 3.05) is 23.7 Å². The number of alkyl halides is 2. The number of aromatic nitrogens is 8. The first-order valence-corrected chi connectivity index (χ1v) is 34.9. The number of ketones is 2. The van der Waals surface area contributed by atoms with Crippen molar-refractivity contribution in [2.24, 2.45) is 0 Å². The first-order valence-electron chi connectivity index (χ1n) is 28.6. The summed E-state index contributed by atoms with van der Waals surface area (Å²) in [7, 11) is -4.50. The van der Waals surface area contributed by atoms with E-state index >= 15 is 4.39 Å². The Morgan fingerprint density at radius 2 is 1.03 bits per heavy atom. The minimum Gasteiger partial charge on any atom is -0.332 e. The lowest BCUT2D eigenvalue weighted by Gasteiger charge is -2.28. The number of anilines is 2. The molecule has 0 bridgehead atoms. The maximum absolute atomic E-state index is 15.5. The van der Waals surface area contributed by atoms with E-state index in [0.29, 0.717) is 71.3 Å². The summed E-state index contributed by atoms with van der Waals surface area (Å²) >= 11 is 23.7. The van der Waals surface area contributed by atoms with Crippen LogP contribution in [0.5, 0.6) is 0 Å². The molecule has 0 spiro atoms. The predicted octanol–water partition coefficient (Wildman–Crippen LogP) is 15.1. The van der Waals surface area contributed by atoms with Crippen LogP contribution in [0.4, 0.5) is 28.9 Å². The Labute approximate surface area is 549 Å². The number of nitrogens with one attached hydrogen (secondary N) is 3. The molecule has 2 aliphatic rings. The lowest BCUT2D eigenvalue weighted by Crippen LogP contribution is -2.38. The zero-order chi connectivity index (χ0) is 66.6. The van der Waals surface area contributed by atoms with Gasteiger partial charge in [-0.25, -0.2) is 42.2 Å². The van der Waals surface area contributed by atoms with Crippen LogP contribution in [0.3, 0.4) is 0 Å². The summed E-state index contributed by atoms with van der Waals surface area (Å²) in [5, 5.41) is 18.1. The van der Waals surface area contributed by atoms with Crippen molar-refractivity contribution >= 4 is 116 Å². The number of carbonyl (C=O) groups is 4. The maximum Gasteiger partial charge on any atom is 0.291 e. The highest BCUT2D eigenvalue weighted by Gasteiger charge is 2.46. The van der Waals surface area contributed by atoms with Gasteiger partial charge in [0.05, 0.1) is 28.5 Å². The molecular formula is C64H56Cl4F4N12O7P2. The van der Waals surface area contributed by atoms with Crippen molar-refractivity contribution in [3.05, 3.63) is 191 Å². The molecule has 2 fully saturated rings. The van der Waals surface area contributed by atoms with Crippen molar-refractivity contribution in [2.45, 2.75) is 77.5 Å². The molecular weight excluding hydrogens is 1330 g/mol. The number of halogens is 8. The van der Waals surface area contributed by atoms with Gasteiger partial charge in [-0.3, -0.25) is 37.7 Å². The minimum atomic E-state index is -4.50. The third-order valence-electron chi connectivity index (χ3n) is 15.2. The van der Waals surface area contributed by atoms with Crippen molar-refractivity contribution in [1.82, 2.24) is 49.5 Å². The summed E-state index contributed by atoms with van der Waals surface area (Å²) in [4.78, 5) is 78.0. The number of benzene rings is 6. The Bertz CT molecular complexity index is 4620. The maximum atomic E-state index is 15.5. The van der Waals surface area contributed by atoms with Crippen LogP contribution in [0.1, 0.15) is 59.3 Å². The summed E-state index contributed by atoms with van der Waals surface area (Å²) in [6.45, 7) is 5.97. The predicted molar refractivity (Wildman–Crippen MR) is 352 cm³/mol. The van der Waals surface area contributed by atoms with Gasteiger partial charge in [0, 0.05) is 119 Å². The van der Waals surface area contributed by atoms with Gasteiger partial charge in [-0.15, -0.1) is 0 Å². The molecule has 4 N–H and O–H groups in total. The molecule has 5 atom stereocenters. The van der Waals surface area contributed by atoms with Crippen molar-refractivity contribution in [3.63, 3.8) is 0 Å². The molecule has 10 aromatic rings. The quantitative estimate of drug-likeness (QED) is 0.0423. The number of hydrogen-bond donors (Lipinski definition) is 4. The second kappa shape index (κ2) is 28.6. The van der Waals surface area contributed by atoms with Gasteiger partial charge in [-0.1, -0.05) is 96.0 Å². The summed E-state index contributed by atoms with van der Waals surface area (Å²) in [5.41, 5.74) is 5.77. The van der Waals surface area contributed by atoms with E-state index < -0.39 is 74.1 Å². The molecule has 2 saturated heterocycles. The molecule has 12 rings (SSSR count). The lowest BCUT2D eigenvalue weighted by atomic mass is 10.0. The highest BCUT2D eigenvalue weighted by molar-refractivity contribution is 8.07. The Balaban J connectivity index is 0.000000169. The molecule has 19 nitrogen and oxygen atoms in total. The molecule has 1 unspecified atom stereocenters. The lowest BCUT2D eigenvalue weighted by molar-refractivity contribution is -0.119. The normalized spacial score (nSPS) is 17.0. The zero-order valence-corrected chi connectivity index (χ0v) is 54.6. The monoisotopic (exact) mass is 1380 g/mol. The summed E-state index contributed by atoms with van der Waals surface area (Å²) < 4.78 is 87.3. The Kier molecular flexibility index (Phi) is 20.9. The highest BCUT2D eigenvalue weighted by atomic mass is 35.9. The highest BCUT2D eigenvalue weighted by Crippen LogP contribution is 2.58. The van der Waals surface area contributed by atoms with E-state index in [0.717, 1.165) is 15.8 Å². The molecule has 93 heavy (non-hydrogen) atoms. The second-order valence-electron chi connectivity index (χ2n) is 21.9. The Morgan fingerprint density at radius 3 is 1.46 bits per heavy atom. The van der Waals surface area contributed by atoms with Gasteiger partial charge in [0.1, 0.15) is 54.0 Å². The molecule has 0 radical (unpaired) electrons. The molecule has 2 amide bonds. The fourth-order valence-corrected chi connectivity index (χ4v) is 14.1. The van der Waals surface area contributed by atoms with Gasteiger partial charge in [-0.05, 0) is 96.0 Å². The molecule has 2 aliphatic heterocycles. The van der Waals surface area contributed by atoms with E-state index in [2.05, 4.69) is 46.1 Å². The van der Waals surface area contributed by atoms with E-state index in [-0.39, 0.29) is 65.6 Å². The van der Waals surface area contributed by atoms with Gasteiger partial charge < -0.3 is 20.8 Å². The average Bonchev–Trinajstić information content (AvgIpc) is 1.66. The standard InChI is InChI=1S/C32H28ClF2N6O4P.C17H15ClF2N2O.C15H13Cl2N4O2P/c1-18(42)31-25-12-20(21-14-36-19(2)37-15-21)10-11-28(25)40(39-31)17-46(44,45)41-16-22(34)13-29(41)32(43)38-27-9-5-7-24(30(27)35)23-6-3-4-8-26(23)33;18-13-6-2-1-4-11(13)12-5-3-7-14(16(12)20)22-17(23)15-8-10(19)9-21-15;1-9(22)15-13-5-11(12-6-18-10(2)19-7-12)3-4-14(13)21(20-15)8-24(16,17)23/h3-12,14-15,22,29H,13,16-17H2,1-2H3,(H,38,43)(H,44,45);1-7,10,15,21H,8-9H2,(H,22,23);3-7H,8H2,1-2H3/t22-,29+;10-,15+;/m11./s1. The van der Waals surface area contributed by atoms with Crippen LogP contribution in [0.2, 0.25) is 10.0 Å². The molecule has 29 heteroatoms. The van der Waals surface area contributed by atoms with E-state index in [9.17, 15) is 46.4 Å². The number of carbonyl (C=O) groups excluding carboxylic acids is 4. The van der Waals surface area contributed by atoms with Crippen LogP contribution in [-0.2, 0) is 31.3 Å². The number of Topliss-reactive ketones (excluding diaryl/α,β-unsaturated/α-hetero) is 2. The summed E-state index contributed by atoms with van der Waals surface area (Å²) in [6.07, 6.45) is 3.02. The number of amides is 2. The van der Waals surface area contributed by atoms with Crippen molar-refractivity contribution < 1.29 is 50.8 Å². The van der Waals surface area contributed by atoms with Crippen LogP contribution in [0.25, 0.3) is 66.3 Å². The van der Waals surface area contributed by atoms with Gasteiger partial charge in [0.25, 0.3) is 13.4 Å². The fraction of sp³-hybridized carbons (Fsp3) is 0.219. The summed E-state index contributed by atoms with van der Waals surface area (Å²) in [6, 6.07) is 31.2. The largest absolute Gasteiger partial charge is 0.332 e. The van der Waals surface area contributed by atoms with Crippen LogP contribution in [0, 0.1) is 25.5 Å². The average molecular weight is 1380 g/mol. The first-order chi connectivity index (χ1) is 44.2. The molecule has 4 aromatic heterocycles. The van der Waals surface area contributed by atoms with Crippen molar-refractivity contribution in [3.8, 4) is 44.5 Å². The molecule has 0 aliphatic carbocycles.